The van der Waals surface area contributed by atoms with E-state index in [0.29, 0.717) is 18.4 Å². The van der Waals surface area contributed by atoms with Gasteiger partial charge in [-0.2, -0.15) is 0 Å². The molecule has 0 saturated carbocycles. The van der Waals surface area contributed by atoms with E-state index in [1.165, 1.54) is 27.4 Å². The molecule has 2 aromatic rings. The molecule has 12 nitrogen and oxygen atoms in total. The molecule has 0 spiro atoms. The summed E-state index contributed by atoms with van der Waals surface area (Å²) < 4.78 is 27.1. The van der Waals surface area contributed by atoms with Crippen LogP contribution in [-0.4, -0.2) is 108 Å². The first-order chi connectivity index (χ1) is 18.7. The number of aliphatic hydroxyl groups is 5. The van der Waals surface area contributed by atoms with E-state index in [-0.39, 0.29) is 42.0 Å². The number of hydrogen-bond acceptors (Lipinski definition) is 12. The Bertz CT molecular complexity index is 1040. The third-order valence-electron chi connectivity index (χ3n) is 7.00. The van der Waals surface area contributed by atoms with Crippen molar-refractivity contribution in [2.45, 2.75) is 43.5 Å². The van der Waals surface area contributed by atoms with Crippen molar-refractivity contribution in [3.8, 4) is 28.7 Å². The number of phenolic OH excluding ortho intramolecular Hbond substituents is 2. The van der Waals surface area contributed by atoms with Crippen LogP contribution in [0.15, 0.2) is 30.3 Å². The maximum absolute atomic E-state index is 10.4. The van der Waals surface area contributed by atoms with Gasteiger partial charge in [-0.1, -0.05) is 6.07 Å². The van der Waals surface area contributed by atoms with E-state index in [1.54, 1.807) is 24.3 Å². The summed E-state index contributed by atoms with van der Waals surface area (Å²) in [5, 5.41) is 70.8. The first-order valence-corrected chi connectivity index (χ1v) is 12.5. The van der Waals surface area contributed by atoms with Crippen LogP contribution >= 0.6 is 0 Å². The van der Waals surface area contributed by atoms with Crippen molar-refractivity contribution in [1.29, 1.82) is 0 Å². The summed E-state index contributed by atoms with van der Waals surface area (Å²) in [6.45, 7) is -0.905. The molecule has 1 fully saturated rings. The van der Waals surface area contributed by atoms with Crippen LogP contribution in [0, 0.1) is 11.8 Å². The summed E-state index contributed by atoms with van der Waals surface area (Å²) in [5.74, 6) is -0.317. The Hall–Kier alpha value is -2.84. The van der Waals surface area contributed by atoms with Crippen LogP contribution in [0.3, 0.4) is 0 Å². The fraction of sp³-hybridized carbons (Fsp3) is 0.556. The maximum Gasteiger partial charge on any atom is 0.200 e. The van der Waals surface area contributed by atoms with E-state index >= 15 is 0 Å². The molecule has 1 heterocycles. The zero-order valence-corrected chi connectivity index (χ0v) is 22.1. The second-order valence-corrected chi connectivity index (χ2v) is 9.50. The second-order valence-electron chi connectivity index (χ2n) is 9.50. The van der Waals surface area contributed by atoms with Gasteiger partial charge in [-0.3, -0.25) is 0 Å². The molecule has 12 heteroatoms. The van der Waals surface area contributed by atoms with Crippen molar-refractivity contribution in [2.75, 3.05) is 41.2 Å². The summed E-state index contributed by atoms with van der Waals surface area (Å²) in [5.41, 5.74) is 1.48. The van der Waals surface area contributed by atoms with Gasteiger partial charge in [0, 0.05) is 6.61 Å². The second kappa shape index (κ2) is 14.0. The Morgan fingerprint density at radius 3 is 1.92 bits per heavy atom. The SMILES string of the molecule is COc1cc(CC(CO[C@@H]2O[C@H](CO)[C@@H](O)[C@H](O)[C@H]2O)C(CO)Cc2cc(OC)c(O)c(OC)c2)ccc1O. The molecule has 7 N–H and O–H groups in total. The molecule has 1 saturated heterocycles. The molecule has 0 aromatic heterocycles. The molecule has 2 aromatic carbocycles. The Balaban J connectivity index is 1.88. The summed E-state index contributed by atoms with van der Waals surface area (Å²) in [7, 11) is 4.26. The molecule has 0 bridgehead atoms. The Morgan fingerprint density at radius 2 is 1.36 bits per heavy atom. The van der Waals surface area contributed by atoms with Crippen LogP contribution in [0.25, 0.3) is 0 Å². The summed E-state index contributed by atoms with van der Waals surface area (Å²) in [6, 6.07) is 8.14. The van der Waals surface area contributed by atoms with Crippen molar-refractivity contribution in [3.63, 3.8) is 0 Å². The number of benzene rings is 2. The van der Waals surface area contributed by atoms with E-state index in [9.17, 15) is 35.7 Å². The highest BCUT2D eigenvalue weighted by Crippen LogP contribution is 2.38. The van der Waals surface area contributed by atoms with Gasteiger partial charge in [0.05, 0.1) is 34.5 Å². The number of ether oxygens (including phenoxy) is 5. The smallest absolute Gasteiger partial charge is 0.200 e. The minimum absolute atomic E-state index is 0.0302. The number of aromatic hydroxyl groups is 2. The molecule has 1 aliphatic rings. The number of phenols is 2. The molecule has 2 unspecified atom stereocenters. The molecule has 0 aliphatic carbocycles. The molecule has 7 atom stereocenters. The molecular weight excluding hydrogens is 516 g/mol. The van der Waals surface area contributed by atoms with Crippen molar-refractivity contribution in [1.82, 2.24) is 0 Å². The van der Waals surface area contributed by atoms with E-state index in [1.807, 2.05) is 0 Å². The Labute approximate surface area is 226 Å². The molecule has 3 rings (SSSR count). The minimum atomic E-state index is -1.59. The van der Waals surface area contributed by atoms with Crippen molar-refractivity contribution >= 4 is 0 Å². The van der Waals surface area contributed by atoms with Gasteiger partial charge in [-0.15, -0.1) is 0 Å². The normalized spacial score (nSPS) is 24.7. The van der Waals surface area contributed by atoms with E-state index in [2.05, 4.69) is 0 Å². The number of hydrogen-bond donors (Lipinski definition) is 7. The van der Waals surface area contributed by atoms with Gasteiger partial charge in [0.2, 0.25) is 5.75 Å². The molecule has 218 valence electrons. The van der Waals surface area contributed by atoms with Crippen LogP contribution in [-0.2, 0) is 22.3 Å². The Kier molecular flexibility index (Phi) is 11.0. The average Bonchev–Trinajstić information content (AvgIpc) is 2.95. The monoisotopic (exact) mass is 554 g/mol. The van der Waals surface area contributed by atoms with Crippen LogP contribution in [0.4, 0.5) is 0 Å². The third kappa shape index (κ3) is 7.22. The van der Waals surface area contributed by atoms with Crippen molar-refractivity contribution in [2.24, 2.45) is 11.8 Å². The van der Waals surface area contributed by atoms with Crippen LogP contribution in [0.1, 0.15) is 11.1 Å². The van der Waals surface area contributed by atoms with Gasteiger partial charge in [-0.05, 0) is 60.1 Å². The van der Waals surface area contributed by atoms with Crippen molar-refractivity contribution < 1.29 is 59.4 Å². The van der Waals surface area contributed by atoms with Gasteiger partial charge in [0.25, 0.3) is 0 Å². The topological polar surface area (TPSA) is 188 Å². The Morgan fingerprint density at radius 1 is 0.769 bits per heavy atom. The molecule has 0 amide bonds. The van der Waals surface area contributed by atoms with Gasteiger partial charge < -0.3 is 59.4 Å². The fourth-order valence-corrected chi connectivity index (χ4v) is 4.69. The zero-order valence-electron chi connectivity index (χ0n) is 22.1. The highest BCUT2D eigenvalue weighted by Gasteiger charge is 2.44. The third-order valence-corrected chi connectivity index (χ3v) is 7.00. The fourth-order valence-electron chi connectivity index (χ4n) is 4.69. The van der Waals surface area contributed by atoms with Crippen LogP contribution < -0.4 is 14.2 Å². The predicted octanol–water partition coefficient (Wildman–Crippen LogP) is -0.0500. The van der Waals surface area contributed by atoms with Gasteiger partial charge in [0.15, 0.2) is 29.3 Å². The van der Waals surface area contributed by atoms with Gasteiger partial charge >= 0.3 is 0 Å². The molecule has 0 radical (unpaired) electrons. The predicted molar refractivity (Wildman–Crippen MR) is 137 cm³/mol. The quantitative estimate of drug-likeness (QED) is 0.175. The van der Waals surface area contributed by atoms with Gasteiger partial charge in [-0.25, -0.2) is 0 Å². The lowest BCUT2D eigenvalue weighted by Crippen LogP contribution is -2.59. The number of methoxy groups -OCH3 is 3. The number of aliphatic hydroxyl groups excluding tert-OH is 5. The van der Waals surface area contributed by atoms with E-state index < -0.39 is 49.1 Å². The molecule has 39 heavy (non-hydrogen) atoms. The van der Waals surface area contributed by atoms with E-state index in [0.717, 1.165) is 5.56 Å². The molecular formula is C27H38O12. The van der Waals surface area contributed by atoms with E-state index in [4.69, 9.17) is 23.7 Å². The van der Waals surface area contributed by atoms with Crippen molar-refractivity contribution in [3.05, 3.63) is 41.5 Å². The zero-order chi connectivity index (χ0) is 28.7. The minimum Gasteiger partial charge on any atom is -0.504 e. The number of rotatable bonds is 13. The highest BCUT2D eigenvalue weighted by atomic mass is 16.7. The molecule has 1 aliphatic heterocycles. The lowest BCUT2D eigenvalue weighted by molar-refractivity contribution is -0.304. The first-order valence-electron chi connectivity index (χ1n) is 12.5. The lowest BCUT2D eigenvalue weighted by Gasteiger charge is -2.40. The highest BCUT2D eigenvalue weighted by molar-refractivity contribution is 5.52. The maximum atomic E-state index is 10.4. The summed E-state index contributed by atoms with van der Waals surface area (Å²) in [4.78, 5) is 0. The standard InChI is InChI=1S/C27H38O12/c1-35-19-8-14(4-5-18(19)30)6-17(13-38-27-26(34)25(33)24(32)22(12-29)39-27)16(11-28)7-15-9-20(36-2)23(31)21(10-15)37-3/h4-5,8-10,16-17,22,24-34H,6-7,11-13H2,1-3H3/t16?,17?,22-,24-,25+,26-,27-/m1/s1. The summed E-state index contributed by atoms with van der Waals surface area (Å²) >= 11 is 0. The summed E-state index contributed by atoms with van der Waals surface area (Å²) in [6.07, 6.45) is -6.48. The lowest BCUT2D eigenvalue weighted by atomic mass is 9.83. The largest absolute Gasteiger partial charge is 0.504 e. The van der Waals surface area contributed by atoms with Crippen LogP contribution in [0.2, 0.25) is 0 Å². The first kappa shape index (κ1) is 30.7. The van der Waals surface area contributed by atoms with Crippen LogP contribution in [0.5, 0.6) is 28.7 Å². The van der Waals surface area contributed by atoms with Gasteiger partial charge in [0.1, 0.15) is 24.4 Å². The average molecular weight is 555 g/mol.